The summed E-state index contributed by atoms with van der Waals surface area (Å²) in [7, 11) is 0. The van der Waals surface area contributed by atoms with E-state index in [1.165, 1.54) is 0 Å². The van der Waals surface area contributed by atoms with Gasteiger partial charge in [-0.3, -0.25) is 9.59 Å². The first-order valence-corrected chi connectivity index (χ1v) is 10.2. The molecule has 7 heteroatoms. The van der Waals surface area contributed by atoms with Gasteiger partial charge in [0.25, 0.3) is 11.8 Å². The van der Waals surface area contributed by atoms with Gasteiger partial charge in [-0.15, -0.1) is 12.4 Å². The van der Waals surface area contributed by atoms with Crippen LogP contribution >= 0.6 is 12.4 Å². The molecule has 2 aliphatic rings. The maximum absolute atomic E-state index is 13.1. The van der Waals surface area contributed by atoms with Crippen molar-refractivity contribution >= 4 is 29.9 Å². The normalized spacial score (nSPS) is 22.5. The van der Waals surface area contributed by atoms with E-state index in [1.54, 1.807) is 24.3 Å². The summed E-state index contributed by atoms with van der Waals surface area (Å²) in [4.78, 5) is 27.6. The molecule has 2 aliphatic heterocycles. The fraction of sp³-hybridized carbons (Fsp3) is 0.391. The minimum absolute atomic E-state index is 0. The molecule has 0 radical (unpaired) electrons. The number of hydrogen-bond acceptors (Lipinski definition) is 4. The maximum Gasteiger partial charge on any atom is 0.265 e. The van der Waals surface area contributed by atoms with Crippen molar-refractivity contribution in [2.45, 2.75) is 38.3 Å². The number of ether oxygens (including phenoxy) is 1. The van der Waals surface area contributed by atoms with Crippen LogP contribution in [0.15, 0.2) is 48.5 Å². The fourth-order valence-corrected chi connectivity index (χ4v) is 4.19. The van der Waals surface area contributed by atoms with E-state index in [4.69, 9.17) is 10.5 Å². The first kappa shape index (κ1) is 22.1. The Hall–Kier alpha value is -2.57. The van der Waals surface area contributed by atoms with Crippen molar-refractivity contribution in [3.05, 3.63) is 59.7 Å². The first-order chi connectivity index (χ1) is 14.0. The summed E-state index contributed by atoms with van der Waals surface area (Å²) in [5, 5.41) is 2.89. The van der Waals surface area contributed by atoms with E-state index in [0.717, 1.165) is 24.2 Å². The zero-order chi connectivity index (χ0) is 20.4. The van der Waals surface area contributed by atoms with Crippen molar-refractivity contribution in [3.63, 3.8) is 0 Å². The highest BCUT2D eigenvalue weighted by molar-refractivity contribution is 5.98. The van der Waals surface area contributed by atoms with Crippen LogP contribution in [0.4, 0.5) is 5.69 Å². The van der Waals surface area contributed by atoms with Gasteiger partial charge in [-0.2, -0.15) is 0 Å². The number of anilines is 1. The molecule has 0 bridgehead atoms. The molecule has 0 spiro atoms. The van der Waals surface area contributed by atoms with Gasteiger partial charge in [0.1, 0.15) is 5.75 Å². The lowest BCUT2D eigenvalue weighted by molar-refractivity contribution is -0.122. The second kappa shape index (κ2) is 9.49. The molecule has 0 saturated carbocycles. The highest BCUT2D eigenvalue weighted by Crippen LogP contribution is 2.29. The number of carbonyl (C=O) groups excluding carboxylic acids is 2. The Morgan fingerprint density at radius 1 is 1.20 bits per heavy atom. The molecule has 1 fully saturated rings. The van der Waals surface area contributed by atoms with Gasteiger partial charge in [-0.05, 0) is 48.6 Å². The quantitative estimate of drug-likeness (QED) is 0.781. The average molecular weight is 430 g/mol. The van der Waals surface area contributed by atoms with Crippen molar-refractivity contribution in [2.24, 2.45) is 11.7 Å². The number of fused-ring (bicyclic) bond motifs is 1. The first-order valence-electron chi connectivity index (χ1n) is 10.2. The third kappa shape index (κ3) is 4.60. The molecular formula is C23H28ClN3O3. The Morgan fingerprint density at radius 2 is 2.00 bits per heavy atom. The predicted molar refractivity (Wildman–Crippen MR) is 119 cm³/mol. The van der Waals surface area contributed by atoms with E-state index in [0.29, 0.717) is 36.7 Å². The van der Waals surface area contributed by atoms with Crippen LogP contribution < -0.4 is 15.8 Å². The van der Waals surface area contributed by atoms with Gasteiger partial charge in [0, 0.05) is 36.8 Å². The molecule has 2 aromatic rings. The summed E-state index contributed by atoms with van der Waals surface area (Å²) in [5.74, 6) is 1.09. The van der Waals surface area contributed by atoms with Gasteiger partial charge in [-0.25, -0.2) is 0 Å². The molecule has 2 aromatic carbocycles. The molecule has 3 unspecified atom stereocenters. The molecule has 3 N–H and O–H groups in total. The lowest BCUT2D eigenvalue weighted by atomic mass is 9.92. The number of likely N-dealkylation sites (tertiary alicyclic amines) is 1. The number of nitrogens with two attached hydrogens (primary N) is 1. The van der Waals surface area contributed by atoms with Crippen LogP contribution in [0, 0.1) is 5.92 Å². The number of nitrogens with zero attached hydrogens (tertiary/aromatic N) is 1. The summed E-state index contributed by atoms with van der Waals surface area (Å²) in [6.07, 6.45) is 1.90. The Labute approximate surface area is 183 Å². The average Bonchev–Trinajstić information content (AvgIpc) is 3.18. The molecule has 6 nitrogen and oxygen atoms in total. The van der Waals surface area contributed by atoms with Crippen LogP contribution in [0.25, 0.3) is 0 Å². The molecule has 2 heterocycles. The summed E-state index contributed by atoms with van der Waals surface area (Å²) >= 11 is 0. The van der Waals surface area contributed by atoms with E-state index in [9.17, 15) is 9.59 Å². The third-order valence-corrected chi connectivity index (χ3v) is 5.83. The van der Waals surface area contributed by atoms with Crippen molar-refractivity contribution in [3.8, 4) is 5.75 Å². The van der Waals surface area contributed by atoms with Gasteiger partial charge < -0.3 is 20.7 Å². The number of halogens is 1. The number of amides is 2. The monoisotopic (exact) mass is 429 g/mol. The van der Waals surface area contributed by atoms with Crippen LogP contribution in [-0.2, 0) is 11.2 Å². The zero-order valence-electron chi connectivity index (χ0n) is 17.0. The number of hydrogen-bond donors (Lipinski definition) is 2. The van der Waals surface area contributed by atoms with E-state index in [-0.39, 0.29) is 30.3 Å². The maximum atomic E-state index is 13.1. The second-order valence-electron chi connectivity index (χ2n) is 8.01. The van der Waals surface area contributed by atoms with Crippen LogP contribution in [0.2, 0.25) is 0 Å². The summed E-state index contributed by atoms with van der Waals surface area (Å²) < 4.78 is 5.75. The van der Waals surface area contributed by atoms with E-state index < -0.39 is 6.10 Å². The Morgan fingerprint density at radius 3 is 2.77 bits per heavy atom. The molecular weight excluding hydrogens is 402 g/mol. The van der Waals surface area contributed by atoms with E-state index >= 15 is 0 Å². The topological polar surface area (TPSA) is 84.7 Å². The highest BCUT2D eigenvalue weighted by atomic mass is 35.5. The smallest absolute Gasteiger partial charge is 0.265 e. The standard InChI is InChI=1S/C23H27N3O3.ClH/c1-15-9-10-26(19(11-15)14-24)23(28)17-6-4-7-18(12-17)25-22(27)21-13-16-5-2-3-8-20(16)29-21;/h2-8,12,15,19,21H,9-11,13-14,24H2,1H3,(H,25,27);1H. The van der Waals surface area contributed by atoms with Crippen LogP contribution in [0.1, 0.15) is 35.7 Å². The minimum Gasteiger partial charge on any atom is -0.480 e. The van der Waals surface area contributed by atoms with Crippen LogP contribution in [-0.4, -0.2) is 41.9 Å². The van der Waals surface area contributed by atoms with Gasteiger partial charge in [-0.1, -0.05) is 31.2 Å². The van der Waals surface area contributed by atoms with Gasteiger partial charge in [0.15, 0.2) is 6.10 Å². The largest absolute Gasteiger partial charge is 0.480 e. The predicted octanol–water partition coefficient (Wildman–Crippen LogP) is 3.25. The lowest BCUT2D eigenvalue weighted by Gasteiger charge is -2.38. The molecule has 30 heavy (non-hydrogen) atoms. The number of benzene rings is 2. The Kier molecular flexibility index (Phi) is 7.00. The highest BCUT2D eigenvalue weighted by Gasteiger charge is 2.31. The van der Waals surface area contributed by atoms with Crippen molar-refractivity contribution in [2.75, 3.05) is 18.4 Å². The third-order valence-electron chi connectivity index (χ3n) is 5.83. The molecule has 1 saturated heterocycles. The summed E-state index contributed by atoms with van der Waals surface area (Å²) in [6, 6.07) is 14.8. The van der Waals surface area contributed by atoms with Crippen molar-refractivity contribution < 1.29 is 14.3 Å². The SMILES string of the molecule is CC1CCN(C(=O)c2cccc(NC(=O)C3Cc4ccccc4O3)c2)C(CN)C1.Cl. The van der Waals surface area contributed by atoms with E-state index in [2.05, 4.69) is 12.2 Å². The number of rotatable bonds is 4. The number of nitrogens with one attached hydrogen (secondary N) is 1. The molecule has 0 aromatic heterocycles. The number of para-hydroxylation sites is 1. The Balaban J connectivity index is 0.00000256. The number of piperidine rings is 1. The molecule has 160 valence electrons. The molecule has 2 amide bonds. The molecule has 0 aliphatic carbocycles. The van der Waals surface area contributed by atoms with Gasteiger partial charge in [0.2, 0.25) is 0 Å². The minimum atomic E-state index is -0.558. The number of carbonyl (C=O) groups is 2. The van der Waals surface area contributed by atoms with Gasteiger partial charge >= 0.3 is 0 Å². The fourth-order valence-electron chi connectivity index (χ4n) is 4.19. The second-order valence-corrected chi connectivity index (χ2v) is 8.01. The van der Waals surface area contributed by atoms with Crippen molar-refractivity contribution in [1.82, 2.24) is 4.90 Å². The molecule has 4 rings (SSSR count). The summed E-state index contributed by atoms with van der Waals surface area (Å²) in [6.45, 7) is 3.38. The molecule has 3 atom stereocenters. The summed E-state index contributed by atoms with van der Waals surface area (Å²) in [5.41, 5.74) is 8.09. The van der Waals surface area contributed by atoms with Crippen LogP contribution in [0.3, 0.4) is 0 Å². The van der Waals surface area contributed by atoms with Crippen molar-refractivity contribution in [1.29, 1.82) is 0 Å². The zero-order valence-corrected chi connectivity index (χ0v) is 17.9. The van der Waals surface area contributed by atoms with E-state index in [1.807, 2.05) is 29.2 Å². The lowest BCUT2D eigenvalue weighted by Crippen LogP contribution is -2.49. The van der Waals surface area contributed by atoms with Gasteiger partial charge in [0.05, 0.1) is 0 Å². The Bertz CT molecular complexity index is 895. The van der Waals surface area contributed by atoms with Crippen LogP contribution in [0.5, 0.6) is 5.75 Å².